The molecule has 1 amide bonds. The molecule has 0 radical (unpaired) electrons. The third kappa shape index (κ3) is 4.70. The zero-order chi connectivity index (χ0) is 20.5. The quantitative estimate of drug-likeness (QED) is 0.707. The summed E-state index contributed by atoms with van der Waals surface area (Å²) in [4.78, 5) is 14.7. The van der Waals surface area contributed by atoms with Crippen molar-refractivity contribution in [3.05, 3.63) is 52.4 Å². The van der Waals surface area contributed by atoms with E-state index in [9.17, 15) is 13.2 Å². The molecule has 2 atom stereocenters. The Balaban J connectivity index is 1.79. The second kappa shape index (κ2) is 8.17. The largest absolute Gasteiger partial charge is 0.481 e. The minimum absolute atomic E-state index is 0.0364. The number of nitrogens with zero attached hydrogens (tertiary/aromatic N) is 1. The first kappa shape index (κ1) is 20.7. The molecule has 2 aromatic rings. The molecule has 2 heterocycles. The van der Waals surface area contributed by atoms with Crippen molar-refractivity contribution >= 4 is 27.3 Å². The van der Waals surface area contributed by atoms with Crippen LogP contribution in [0, 0.1) is 13.8 Å². The summed E-state index contributed by atoms with van der Waals surface area (Å²) in [5.41, 5.74) is 1.73. The fraction of sp³-hybridized carbons (Fsp3) is 0.450. The van der Waals surface area contributed by atoms with E-state index in [0.29, 0.717) is 23.0 Å². The highest BCUT2D eigenvalue weighted by Gasteiger charge is 2.37. The van der Waals surface area contributed by atoms with Gasteiger partial charge in [0.2, 0.25) is 0 Å². The smallest absolute Gasteiger partial charge is 0.264 e. The Morgan fingerprint density at radius 2 is 2.04 bits per heavy atom. The molecular weight excluding hydrogens is 402 g/mol. The maximum atomic E-state index is 13.1. The van der Waals surface area contributed by atoms with Crippen molar-refractivity contribution in [2.24, 2.45) is 0 Å². The van der Waals surface area contributed by atoms with Crippen molar-refractivity contribution in [2.45, 2.75) is 45.9 Å². The van der Waals surface area contributed by atoms with Crippen LogP contribution in [-0.2, 0) is 21.2 Å². The number of hydrogen-bond donors (Lipinski definition) is 0. The summed E-state index contributed by atoms with van der Waals surface area (Å²) in [5, 5.41) is 0.668. The van der Waals surface area contributed by atoms with E-state index in [1.807, 2.05) is 13.8 Å². The standard InChI is InChI=1S/C20H24ClNO5S/c1-13-9-18(10-14(2)19(13)21)27-15(3)20(23)22(11-17-5-4-7-26-17)16-6-8-28(24,25)12-16/h4-5,7,9-10,15-16H,6,8,11-12H2,1-3H3/t15-,16-/m0/s1. The molecule has 1 saturated heterocycles. The van der Waals surface area contributed by atoms with Crippen LogP contribution in [0.5, 0.6) is 5.75 Å². The Bertz CT molecular complexity index is 932. The Morgan fingerprint density at radius 3 is 2.57 bits per heavy atom. The van der Waals surface area contributed by atoms with E-state index in [2.05, 4.69) is 0 Å². The second-order valence-electron chi connectivity index (χ2n) is 7.23. The van der Waals surface area contributed by atoms with Gasteiger partial charge in [-0.2, -0.15) is 0 Å². The van der Waals surface area contributed by atoms with Crippen molar-refractivity contribution in [1.29, 1.82) is 0 Å². The van der Waals surface area contributed by atoms with Crippen molar-refractivity contribution in [1.82, 2.24) is 4.90 Å². The highest BCUT2D eigenvalue weighted by atomic mass is 35.5. The van der Waals surface area contributed by atoms with E-state index in [1.54, 1.807) is 36.1 Å². The predicted octanol–water partition coefficient (Wildman–Crippen LogP) is 3.53. The van der Waals surface area contributed by atoms with E-state index in [-0.39, 0.29) is 30.0 Å². The van der Waals surface area contributed by atoms with E-state index in [0.717, 1.165) is 11.1 Å². The normalized spacial score (nSPS) is 19.4. The molecule has 1 fully saturated rings. The Labute approximate surface area is 170 Å². The summed E-state index contributed by atoms with van der Waals surface area (Å²) in [6.07, 6.45) is 1.17. The van der Waals surface area contributed by atoms with Crippen LogP contribution in [0.4, 0.5) is 0 Å². The molecule has 0 N–H and O–H groups in total. The van der Waals surface area contributed by atoms with Gasteiger partial charge in [0, 0.05) is 11.1 Å². The summed E-state index contributed by atoms with van der Waals surface area (Å²) < 4.78 is 35.1. The molecule has 1 aliphatic heterocycles. The third-order valence-corrected chi connectivity index (χ3v) is 7.26. The van der Waals surface area contributed by atoms with Gasteiger partial charge in [0.25, 0.3) is 5.91 Å². The summed E-state index contributed by atoms with van der Waals surface area (Å²) in [5.74, 6) is 0.930. The van der Waals surface area contributed by atoms with Crippen molar-refractivity contribution in [3.8, 4) is 5.75 Å². The Kier molecular flexibility index (Phi) is 6.05. The van der Waals surface area contributed by atoms with Gasteiger partial charge in [-0.25, -0.2) is 8.42 Å². The summed E-state index contributed by atoms with van der Waals surface area (Å²) in [6.45, 7) is 5.63. The van der Waals surface area contributed by atoms with Gasteiger partial charge >= 0.3 is 0 Å². The Morgan fingerprint density at radius 1 is 1.36 bits per heavy atom. The van der Waals surface area contributed by atoms with Crippen LogP contribution in [-0.4, -0.2) is 42.9 Å². The Hall–Kier alpha value is -1.99. The van der Waals surface area contributed by atoms with Gasteiger partial charge in [-0.15, -0.1) is 0 Å². The van der Waals surface area contributed by atoms with E-state index < -0.39 is 15.9 Å². The molecule has 0 aliphatic carbocycles. The highest BCUT2D eigenvalue weighted by Crippen LogP contribution is 2.27. The van der Waals surface area contributed by atoms with Gasteiger partial charge in [0.1, 0.15) is 11.5 Å². The fourth-order valence-corrected chi connectivity index (χ4v) is 5.28. The van der Waals surface area contributed by atoms with Gasteiger partial charge in [-0.1, -0.05) is 11.6 Å². The molecule has 28 heavy (non-hydrogen) atoms. The predicted molar refractivity (Wildman–Crippen MR) is 107 cm³/mol. The maximum Gasteiger partial charge on any atom is 0.264 e. The minimum Gasteiger partial charge on any atom is -0.481 e. The number of benzene rings is 1. The fourth-order valence-electron chi connectivity index (χ4n) is 3.44. The van der Waals surface area contributed by atoms with Gasteiger partial charge in [-0.3, -0.25) is 4.79 Å². The van der Waals surface area contributed by atoms with Crippen LogP contribution < -0.4 is 4.74 Å². The monoisotopic (exact) mass is 425 g/mol. The lowest BCUT2D eigenvalue weighted by Crippen LogP contribution is -2.46. The number of ether oxygens (including phenoxy) is 1. The number of amides is 1. The zero-order valence-corrected chi connectivity index (χ0v) is 17.7. The first-order chi connectivity index (χ1) is 13.2. The molecular formula is C20H24ClNO5S. The zero-order valence-electron chi connectivity index (χ0n) is 16.1. The van der Waals surface area contributed by atoms with Crippen molar-refractivity contribution < 1.29 is 22.4 Å². The van der Waals surface area contributed by atoms with Crippen LogP contribution in [0.15, 0.2) is 34.9 Å². The van der Waals surface area contributed by atoms with Gasteiger partial charge in [-0.05, 0) is 62.6 Å². The average molecular weight is 426 g/mol. The molecule has 1 aromatic carbocycles. The lowest BCUT2D eigenvalue weighted by molar-refractivity contribution is -0.140. The molecule has 1 aliphatic rings. The van der Waals surface area contributed by atoms with Crippen LogP contribution in [0.25, 0.3) is 0 Å². The van der Waals surface area contributed by atoms with E-state index in [1.165, 1.54) is 6.26 Å². The SMILES string of the molecule is Cc1cc(O[C@@H](C)C(=O)N(Cc2ccco2)[C@H]2CCS(=O)(=O)C2)cc(C)c1Cl. The number of furan rings is 1. The topological polar surface area (TPSA) is 76.8 Å². The third-order valence-electron chi connectivity index (χ3n) is 4.91. The van der Waals surface area contributed by atoms with Crippen molar-refractivity contribution in [3.63, 3.8) is 0 Å². The van der Waals surface area contributed by atoms with Gasteiger partial charge in [0.15, 0.2) is 15.9 Å². The molecule has 6 nitrogen and oxygen atoms in total. The van der Waals surface area contributed by atoms with Crippen LogP contribution in [0.1, 0.15) is 30.2 Å². The van der Waals surface area contributed by atoms with E-state index in [4.69, 9.17) is 20.8 Å². The number of sulfone groups is 1. The first-order valence-corrected chi connectivity index (χ1v) is 11.3. The number of halogens is 1. The van der Waals surface area contributed by atoms with E-state index >= 15 is 0 Å². The summed E-state index contributed by atoms with van der Waals surface area (Å²) >= 11 is 6.19. The lowest BCUT2D eigenvalue weighted by atomic mass is 10.1. The molecule has 0 saturated carbocycles. The van der Waals surface area contributed by atoms with Gasteiger partial charge in [0.05, 0.1) is 24.3 Å². The summed E-state index contributed by atoms with van der Waals surface area (Å²) in [6, 6.07) is 6.69. The van der Waals surface area contributed by atoms with Crippen LogP contribution >= 0.6 is 11.6 Å². The lowest BCUT2D eigenvalue weighted by Gasteiger charge is -2.30. The molecule has 0 unspecified atom stereocenters. The number of carbonyl (C=O) groups excluding carboxylic acids is 1. The second-order valence-corrected chi connectivity index (χ2v) is 9.84. The summed E-state index contributed by atoms with van der Waals surface area (Å²) in [7, 11) is -3.13. The number of carbonyl (C=O) groups is 1. The van der Waals surface area contributed by atoms with Crippen LogP contribution in [0.2, 0.25) is 5.02 Å². The van der Waals surface area contributed by atoms with Crippen molar-refractivity contribution in [2.75, 3.05) is 11.5 Å². The average Bonchev–Trinajstić information content (AvgIpc) is 3.26. The molecule has 152 valence electrons. The number of hydrogen-bond acceptors (Lipinski definition) is 5. The van der Waals surface area contributed by atoms with Crippen LogP contribution in [0.3, 0.4) is 0 Å². The first-order valence-electron chi connectivity index (χ1n) is 9.13. The highest BCUT2D eigenvalue weighted by molar-refractivity contribution is 7.91. The molecule has 8 heteroatoms. The molecule has 1 aromatic heterocycles. The van der Waals surface area contributed by atoms with Gasteiger partial charge < -0.3 is 14.1 Å². The molecule has 0 bridgehead atoms. The minimum atomic E-state index is -3.13. The number of aryl methyl sites for hydroxylation is 2. The molecule has 3 rings (SSSR count). The number of rotatable bonds is 6. The maximum absolute atomic E-state index is 13.1. The molecule has 0 spiro atoms.